The lowest BCUT2D eigenvalue weighted by atomic mass is 10.1. The molecule has 0 aliphatic rings. The highest BCUT2D eigenvalue weighted by molar-refractivity contribution is 5.87. The largest absolute Gasteiger partial charge is 0.546 e. The van der Waals surface area contributed by atoms with E-state index in [0.717, 1.165) is 0 Å². The molecule has 2 atom stereocenters. The predicted octanol–water partition coefficient (Wildman–Crippen LogP) is 0.494. The van der Waals surface area contributed by atoms with Gasteiger partial charge in [0, 0.05) is 23.8 Å². The van der Waals surface area contributed by atoms with Gasteiger partial charge in [0.1, 0.15) is 40.4 Å². The molecule has 8 nitrogen and oxygen atoms in total. The number of fused-ring (bicyclic) bond motifs is 1. The quantitative estimate of drug-likeness (QED) is 0.564. The van der Waals surface area contributed by atoms with E-state index in [4.69, 9.17) is 13.9 Å². The van der Waals surface area contributed by atoms with E-state index in [1.807, 2.05) is 6.07 Å². The molecule has 1 aromatic heterocycles. The van der Waals surface area contributed by atoms with Crippen LogP contribution in [0.2, 0.25) is 0 Å². The minimum atomic E-state index is -1.49. The summed E-state index contributed by atoms with van der Waals surface area (Å²) in [6, 6.07) is 12.7. The second-order valence-corrected chi connectivity index (χ2v) is 6.29. The third-order valence-electron chi connectivity index (χ3n) is 4.11. The monoisotopic (exact) mass is 396 g/mol. The molecule has 0 saturated carbocycles. The number of hydrogen-bond donors (Lipinski definition) is 0. The molecule has 0 amide bonds. The van der Waals surface area contributed by atoms with Crippen molar-refractivity contribution in [1.82, 2.24) is 0 Å². The number of aliphatic carboxylic acids is 2. The summed E-state index contributed by atoms with van der Waals surface area (Å²) in [5.74, 6) is -2.80. The van der Waals surface area contributed by atoms with Crippen molar-refractivity contribution >= 4 is 22.9 Å². The van der Waals surface area contributed by atoms with E-state index in [-0.39, 0.29) is 28.2 Å². The lowest BCUT2D eigenvalue weighted by Crippen LogP contribution is -2.37. The van der Waals surface area contributed by atoms with Gasteiger partial charge in [0.05, 0.1) is 11.9 Å². The van der Waals surface area contributed by atoms with Crippen molar-refractivity contribution in [2.75, 3.05) is 0 Å². The van der Waals surface area contributed by atoms with Crippen LogP contribution in [0.15, 0.2) is 57.7 Å². The third kappa shape index (κ3) is 4.37. The van der Waals surface area contributed by atoms with Gasteiger partial charge in [0.2, 0.25) is 0 Å². The summed E-state index contributed by atoms with van der Waals surface area (Å²) < 4.78 is 16.4. The second kappa shape index (κ2) is 8.05. The first kappa shape index (κ1) is 19.9. The van der Waals surface area contributed by atoms with Crippen molar-refractivity contribution < 1.29 is 33.7 Å². The molecule has 8 heteroatoms. The summed E-state index contributed by atoms with van der Waals surface area (Å²) in [7, 11) is 0. The number of hydrogen-bond acceptors (Lipinski definition) is 8. The molecule has 3 aromatic rings. The van der Waals surface area contributed by atoms with E-state index in [1.165, 1.54) is 32.0 Å². The standard InChI is InChI=1S/C21H18O8/c1-11(20(23)24)27-14-8-17(28-12(2)21(25)26)19-15(22)10-16(29-18(19)9-14)13-6-4-3-5-7-13/h3-12H,1-2H3,(H,23,24)(H,25,26)/p-2/t11-,12-/m1/s1. The molecule has 150 valence electrons. The molecule has 2 aromatic carbocycles. The fraction of sp³-hybridized carbons (Fsp3) is 0.190. The zero-order valence-corrected chi connectivity index (χ0v) is 15.5. The third-order valence-corrected chi connectivity index (χ3v) is 4.11. The van der Waals surface area contributed by atoms with Crippen LogP contribution in [-0.4, -0.2) is 24.1 Å². The smallest absolute Gasteiger partial charge is 0.197 e. The zero-order chi connectivity index (χ0) is 21.1. The Hall–Kier alpha value is -3.81. The van der Waals surface area contributed by atoms with Gasteiger partial charge in [-0.15, -0.1) is 0 Å². The number of carboxylic acid groups (broad SMARTS) is 2. The summed E-state index contributed by atoms with van der Waals surface area (Å²) in [6.45, 7) is 2.50. The summed E-state index contributed by atoms with van der Waals surface area (Å²) >= 11 is 0. The van der Waals surface area contributed by atoms with Crippen LogP contribution in [0, 0.1) is 0 Å². The molecule has 0 saturated heterocycles. The first-order valence-electron chi connectivity index (χ1n) is 8.68. The van der Waals surface area contributed by atoms with Gasteiger partial charge in [-0.1, -0.05) is 30.3 Å². The molecule has 0 spiro atoms. The van der Waals surface area contributed by atoms with Crippen molar-refractivity contribution in [3.05, 3.63) is 58.8 Å². The van der Waals surface area contributed by atoms with Gasteiger partial charge in [-0.2, -0.15) is 0 Å². The van der Waals surface area contributed by atoms with Crippen LogP contribution in [0.1, 0.15) is 13.8 Å². The van der Waals surface area contributed by atoms with Gasteiger partial charge in [-0.05, 0) is 13.8 Å². The Kier molecular flexibility index (Phi) is 5.54. The van der Waals surface area contributed by atoms with E-state index in [2.05, 4.69) is 0 Å². The minimum Gasteiger partial charge on any atom is -0.546 e. The van der Waals surface area contributed by atoms with Crippen LogP contribution in [-0.2, 0) is 9.59 Å². The van der Waals surface area contributed by atoms with Crippen LogP contribution >= 0.6 is 0 Å². The molecule has 0 bridgehead atoms. The van der Waals surface area contributed by atoms with E-state index < -0.39 is 29.6 Å². The van der Waals surface area contributed by atoms with Gasteiger partial charge in [0.25, 0.3) is 0 Å². The average Bonchev–Trinajstić information content (AvgIpc) is 2.67. The molecular weight excluding hydrogens is 380 g/mol. The van der Waals surface area contributed by atoms with Crippen molar-refractivity contribution in [2.45, 2.75) is 26.1 Å². The predicted molar refractivity (Wildman–Crippen MR) is 98.1 cm³/mol. The molecule has 0 radical (unpaired) electrons. The Balaban J connectivity index is 2.19. The number of ether oxygens (including phenoxy) is 2. The fourth-order valence-electron chi connectivity index (χ4n) is 2.62. The van der Waals surface area contributed by atoms with Crippen LogP contribution in [0.25, 0.3) is 22.3 Å². The van der Waals surface area contributed by atoms with Gasteiger partial charge in [-0.25, -0.2) is 0 Å². The van der Waals surface area contributed by atoms with Gasteiger partial charge in [-0.3, -0.25) is 4.79 Å². The van der Waals surface area contributed by atoms with E-state index in [9.17, 15) is 24.6 Å². The van der Waals surface area contributed by atoms with E-state index in [0.29, 0.717) is 5.56 Å². The Labute approximate surface area is 164 Å². The number of carboxylic acids is 2. The van der Waals surface area contributed by atoms with Crippen molar-refractivity contribution in [1.29, 1.82) is 0 Å². The van der Waals surface area contributed by atoms with Crippen LogP contribution in [0.4, 0.5) is 0 Å². The molecule has 0 N–H and O–H groups in total. The zero-order valence-electron chi connectivity index (χ0n) is 15.5. The summed E-state index contributed by atoms with van der Waals surface area (Å²) in [5.41, 5.74) is 0.219. The average molecular weight is 396 g/mol. The van der Waals surface area contributed by atoms with Crippen LogP contribution in [0.3, 0.4) is 0 Å². The SMILES string of the molecule is C[C@@H](Oc1cc(O[C@H](C)C(=O)[O-])c2c(=O)cc(-c3ccccc3)oc2c1)C(=O)[O-]. The lowest BCUT2D eigenvalue weighted by Gasteiger charge is -2.19. The molecule has 0 fully saturated rings. The molecule has 3 rings (SSSR count). The van der Waals surface area contributed by atoms with Crippen molar-refractivity contribution in [3.63, 3.8) is 0 Å². The number of carbonyl (C=O) groups is 2. The molecule has 1 heterocycles. The lowest BCUT2D eigenvalue weighted by molar-refractivity contribution is -0.313. The Morgan fingerprint density at radius 2 is 1.55 bits per heavy atom. The number of rotatable bonds is 7. The van der Waals surface area contributed by atoms with Gasteiger partial charge >= 0.3 is 0 Å². The summed E-state index contributed by atoms with van der Waals surface area (Å²) in [6.07, 6.45) is -2.68. The van der Waals surface area contributed by atoms with Gasteiger partial charge < -0.3 is 33.7 Å². The number of carbonyl (C=O) groups excluding carboxylic acids is 2. The van der Waals surface area contributed by atoms with Crippen molar-refractivity contribution in [3.8, 4) is 22.8 Å². The Morgan fingerprint density at radius 1 is 0.931 bits per heavy atom. The second-order valence-electron chi connectivity index (χ2n) is 6.29. The maximum absolute atomic E-state index is 12.7. The normalized spacial score (nSPS) is 12.9. The highest BCUT2D eigenvalue weighted by atomic mass is 16.5. The van der Waals surface area contributed by atoms with Crippen molar-refractivity contribution in [2.24, 2.45) is 0 Å². The summed E-state index contributed by atoms with van der Waals surface area (Å²) in [5, 5.41) is 22.0. The number of benzene rings is 2. The Morgan fingerprint density at radius 3 is 2.17 bits per heavy atom. The first-order chi connectivity index (χ1) is 13.8. The maximum atomic E-state index is 12.7. The topological polar surface area (TPSA) is 129 Å². The van der Waals surface area contributed by atoms with E-state index >= 15 is 0 Å². The molecule has 0 aliphatic heterocycles. The highest BCUT2D eigenvalue weighted by Crippen LogP contribution is 2.33. The minimum absolute atomic E-state index is 0.00288. The molecule has 0 aliphatic carbocycles. The molecule has 0 unspecified atom stereocenters. The fourth-order valence-corrected chi connectivity index (χ4v) is 2.62. The van der Waals surface area contributed by atoms with E-state index in [1.54, 1.807) is 24.3 Å². The molecule has 29 heavy (non-hydrogen) atoms. The first-order valence-corrected chi connectivity index (χ1v) is 8.68. The molecular formula is C21H16O8-2. The highest BCUT2D eigenvalue weighted by Gasteiger charge is 2.18. The maximum Gasteiger partial charge on any atom is 0.197 e. The van der Waals surface area contributed by atoms with Gasteiger partial charge in [0.15, 0.2) is 5.43 Å². The van der Waals surface area contributed by atoms with Crippen LogP contribution in [0.5, 0.6) is 11.5 Å². The Bertz CT molecular complexity index is 1120. The summed E-state index contributed by atoms with van der Waals surface area (Å²) in [4.78, 5) is 34.8. The van der Waals surface area contributed by atoms with Crippen LogP contribution < -0.4 is 25.1 Å².